The van der Waals surface area contributed by atoms with E-state index in [2.05, 4.69) is 15.3 Å². The van der Waals surface area contributed by atoms with E-state index in [1.807, 2.05) is 0 Å². The van der Waals surface area contributed by atoms with E-state index in [-0.39, 0.29) is 17.9 Å². The summed E-state index contributed by atoms with van der Waals surface area (Å²) in [5, 5.41) is 22.4. The van der Waals surface area contributed by atoms with Gasteiger partial charge in [-0.05, 0) is 6.92 Å². The lowest BCUT2D eigenvalue weighted by Crippen LogP contribution is -2.07. The Hall–Kier alpha value is -2.97. The van der Waals surface area contributed by atoms with Crippen LogP contribution in [0.4, 0.5) is 11.5 Å². The van der Waals surface area contributed by atoms with E-state index < -0.39 is 16.6 Å². The van der Waals surface area contributed by atoms with Crippen molar-refractivity contribution >= 4 is 17.5 Å². The molecule has 20 heavy (non-hydrogen) atoms. The number of rotatable bonds is 5. The highest BCUT2D eigenvalue weighted by atomic mass is 16.6. The summed E-state index contributed by atoms with van der Waals surface area (Å²) in [5.74, 6) is -0.363. The van der Waals surface area contributed by atoms with Gasteiger partial charge in [-0.1, -0.05) is 0 Å². The SMILES string of the molecule is Cc1cnc(CNc2ncc(C(=O)O)cc2[N+](=O)[O-])o1. The van der Waals surface area contributed by atoms with Crippen LogP contribution in [-0.2, 0) is 6.54 Å². The predicted octanol–water partition coefficient (Wildman–Crippen LogP) is 1.60. The number of aromatic nitrogens is 2. The fourth-order valence-corrected chi connectivity index (χ4v) is 1.49. The molecule has 0 saturated heterocycles. The van der Waals surface area contributed by atoms with Crippen LogP contribution < -0.4 is 5.32 Å². The van der Waals surface area contributed by atoms with Gasteiger partial charge in [-0.25, -0.2) is 14.8 Å². The molecule has 104 valence electrons. The van der Waals surface area contributed by atoms with Gasteiger partial charge in [0.15, 0.2) is 0 Å². The van der Waals surface area contributed by atoms with Crippen molar-refractivity contribution in [3.05, 3.63) is 45.8 Å². The quantitative estimate of drug-likeness (QED) is 0.622. The van der Waals surface area contributed by atoms with Gasteiger partial charge in [-0.2, -0.15) is 0 Å². The maximum Gasteiger partial charge on any atom is 0.337 e. The molecule has 0 bridgehead atoms. The number of pyridine rings is 1. The Balaban J connectivity index is 2.22. The first-order chi connectivity index (χ1) is 9.47. The number of nitrogens with zero attached hydrogens (tertiary/aromatic N) is 3. The maximum absolute atomic E-state index is 10.9. The molecule has 0 saturated carbocycles. The van der Waals surface area contributed by atoms with Crippen molar-refractivity contribution in [1.82, 2.24) is 9.97 Å². The number of nitro groups is 1. The van der Waals surface area contributed by atoms with Crippen molar-refractivity contribution in [3.8, 4) is 0 Å². The molecule has 0 aromatic carbocycles. The maximum atomic E-state index is 10.9. The third-order valence-electron chi connectivity index (χ3n) is 2.39. The van der Waals surface area contributed by atoms with Gasteiger partial charge in [-0.15, -0.1) is 0 Å². The molecule has 2 N–H and O–H groups in total. The average molecular weight is 278 g/mol. The third kappa shape index (κ3) is 2.88. The number of aryl methyl sites for hydroxylation is 1. The number of nitrogens with one attached hydrogen (secondary N) is 1. The molecule has 0 radical (unpaired) electrons. The number of carboxylic acid groups (broad SMARTS) is 1. The first-order valence-electron chi connectivity index (χ1n) is 5.50. The molecule has 0 aliphatic heterocycles. The zero-order valence-corrected chi connectivity index (χ0v) is 10.4. The van der Waals surface area contributed by atoms with Crippen LogP contribution in [0.15, 0.2) is 22.9 Å². The van der Waals surface area contributed by atoms with Crippen molar-refractivity contribution in [2.24, 2.45) is 0 Å². The summed E-state index contributed by atoms with van der Waals surface area (Å²) in [6.07, 6.45) is 2.56. The molecule has 0 amide bonds. The van der Waals surface area contributed by atoms with E-state index in [1.54, 1.807) is 6.92 Å². The molecular formula is C11H10N4O5. The lowest BCUT2D eigenvalue weighted by atomic mass is 10.2. The minimum absolute atomic E-state index is 0.0455. The number of carboxylic acids is 1. The van der Waals surface area contributed by atoms with Crippen molar-refractivity contribution in [3.63, 3.8) is 0 Å². The predicted molar refractivity (Wildman–Crippen MR) is 66.4 cm³/mol. The molecule has 9 nitrogen and oxygen atoms in total. The number of oxazole rings is 1. The highest BCUT2D eigenvalue weighted by Crippen LogP contribution is 2.23. The zero-order chi connectivity index (χ0) is 14.7. The van der Waals surface area contributed by atoms with Crippen molar-refractivity contribution < 1.29 is 19.2 Å². The minimum atomic E-state index is -1.28. The van der Waals surface area contributed by atoms with Gasteiger partial charge in [0.25, 0.3) is 0 Å². The van der Waals surface area contributed by atoms with Crippen molar-refractivity contribution in [2.45, 2.75) is 13.5 Å². The lowest BCUT2D eigenvalue weighted by molar-refractivity contribution is -0.384. The van der Waals surface area contributed by atoms with Crippen LogP contribution in [0.3, 0.4) is 0 Å². The molecular weight excluding hydrogens is 268 g/mol. The lowest BCUT2D eigenvalue weighted by Gasteiger charge is -2.04. The average Bonchev–Trinajstić information content (AvgIpc) is 2.81. The molecule has 2 aromatic rings. The van der Waals surface area contributed by atoms with Gasteiger partial charge in [0.2, 0.25) is 11.7 Å². The molecule has 2 aromatic heterocycles. The molecule has 2 rings (SSSR count). The van der Waals surface area contributed by atoms with Gasteiger partial charge >= 0.3 is 11.7 Å². The van der Waals surface area contributed by atoms with Gasteiger partial charge in [0, 0.05) is 12.3 Å². The van der Waals surface area contributed by atoms with Crippen LogP contribution in [0, 0.1) is 17.0 Å². The van der Waals surface area contributed by atoms with Crippen LogP contribution in [0.5, 0.6) is 0 Å². The summed E-state index contributed by atoms with van der Waals surface area (Å²) >= 11 is 0. The molecule has 0 aliphatic rings. The van der Waals surface area contributed by atoms with E-state index in [4.69, 9.17) is 9.52 Å². The van der Waals surface area contributed by atoms with Crippen LogP contribution in [0.1, 0.15) is 22.0 Å². The number of anilines is 1. The van der Waals surface area contributed by atoms with Gasteiger partial charge in [-0.3, -0.25) is 10.1 Å². The highest BCUT2D eigenvalue weighted by molar-refractivity contribution is 5.88. The minimum Gasteiger partial charge on any atom is -0.478 e. The van der Waals surface area contributed by atoms with E-state index >= 15 is 0 Å². The first kappa shape index (κ1) is 13.5. The second-order valence-electron chi connectivity index (χ2n) is 3.87. The number of aromatic carboxylic acids is 1. The Morgan fingerprint density at radius 3 is 2.80 bits per heavy atom. The molecule has 0 fully saturated rings. The summed E-state index contributed by atoms with van der Waals surface area (Å²) in [5.41, 5.74) is -0.678. The monoisotopic (exact) mass is 278 g/mol. The van der Waals surface area contributed by atoms with Crippen LogP contribution in [0.2, 0.25) is 0 Å². The Bertz CT molecular complexity index is 667. The molecule has 0 aliphatic carbocycles. The third-order valence-corrected chi connectivity index (χ3v) is 2.39. The molecule has 0 atom stereocenters. The fraction of sp³-hybridized carbons (Fsp3) is 0.182. The number of carbonyl (C=O) groups is 1. The summed E-state index contributed by atoms with van der Waals surface area (Å²) < 4.78 is 5.20. The topological polar surface area (TPSA) is 131 Å². The smallest absolute Gasteiger partial charge is 0.337 e. The van der Waals surface area contributed by atoms with E-state index in [1.165, 1.54) is 6.20 Å². The van der Waals surface area contributed by atoms with Crippen LogP contribution >= 0.6 is 0 Å². The van der Waals surface area contributed by atoms with Crippen LogP contribution in [-0.4, -0.2) is 26.0 Å². The second-order valence-corrected chi connectivity index (χ2v) is 3.87. The highest BCUT2D eigenvalue weighted by Gasteiger charge is 2.19. The Morgan fingerprint density at radius 2 is 2.25 bits per heavy atom. The summed E-state index contributed by atoms with van der Waals surface area (Å²) in [6, 6.07) is 0.943. The van der Waals surface area contributed by atoms with Gasteiger partial charge < -0.3 is 14.8 Å². The number of hydrogen-bond acceptors (Lipinski definition) is 7. The van der Waals surface area contributed by atoms with E-state index in [0.717, 1.165) is 12.3 Å². The van der Waals surface area contributed by atoms with E-state index in [0.29, 0.717) is 11.7 Å². The summed E-state index contributed by atoms with van der Waals surface area (Å²) in [4.78, 5) is 28.6. The van der Waals surface area contributed by atoms with Crippen molar-refractivity contribution in [2.75, 3.05) is 5.32 Å². The van der Waals surface area contributed by atoms with E-state index in [9.17, 15) is 14.9 Å². The number of hydrogen-bond donors (Lipinski definition) is 2. The zero-order valence-electron chi connectivity index (χ0n) is 10.4. The van der Waals surface area contributed by atoms with Crippen molar-refractivity contribution in [1.29, 1.82) is 0 Å². The Morgan fingerprint density at radius 1 is 1.50 bits per heavy atom. The first-order valence-corrected chi connectivity index (χ1v) is 5.50. The standard InChI is InChI=1S/C11H10N4O5/c1-6-3-12-9(20-6)5-14-10-8(15(18)19)2-7(4-13-10)11(16)17/h2-4H,5H2,1H3,(H,13,14)(H,16,17). The van der Waals surface area contributed by atoms with Gasteiger partial charge in [0.05, 0.1) is 23.2 Å². The molecule has 0 spiro atoms. The summed E-state index contributed by atoms with van der Waals surface area (Å²) in [6.45, 7) is 1.83. The molecule has 9 heteroatoms. The van der Waals surface area contributed by atoms with Gasteiger partial charge in [0.1, 0.15) is 5.76 Å². The summed E-state index contributed by atoms with van der Waals surface area (Å²) in [7, 11) is 0. The Kier molecular flexibility index (Phi) is 3.60. The molecule has 0 unspecified atom stereocenters. The normalized spacial score (nSPS) is 10.2. The fourth-order valence-electron chi connectivity index (χ4n) is 1.49. The van der Waals surface area contributed by atoms with Crippen LogP contribution in [0.25, 0.3) is 0 Å². The Labute approximate surface area is 112 Å². The second kappa shape index (κ2) is 5.34. The molecule has 2 heterocycles. The largest absolute Gasteiger partial charge is 0.478 e.